The molecule has 4 rings (SSSR count). The number of alkyl halides is 3. The number of rotatable bonds is 7. The number of hydrogen-bond donors (Lipinski definition) is 1. The molecule has 33 heavy (non-hydrogen) atoms. The predicted molar refractivity (Wildman–Crippen MR) is 128 cm³/mol. The summed E-state index contributed by atoms with van der Waals surface area (Å²) < 4.78 is 48.9. The average Bonchev–Trinajstić information content (AvgIpc) is 3.37. The molecule has 1 aromatic carbocycles. The Bertz CT molecular complexity index is 1270. The lowest BCUT2D eigenvalue weighted by molar-refractivity contribution is -0.137. The first-order chi connectivity index (χ1) is 15.5. The van der Waals surface area contributed by atoms with Gasteiger partial charge in [-0.1, -0.05) is 31.8 Å². The summed E-state index contributed by atoms with van der Waals surface area (Å²) in [7, 11) is -1.27. The summed E-state index contributed by atoms with van der Waals surface area (Å²) in [5.41, 5.74) is 6.42. The highest BCUT2D eigenvalue weighted by Gasteiger charge is 2.36. The number of hydrogen-bond acceptors (Lipinski definition) is 6. The van der Waals surface area contributed by atoms with E-state index in [1.54, 1.807) is 18.5 Å². The highest BCUT2D eigenvalue weighted by molar-refractivity contribution is 7.13. The van der Waals surface area contributed by atoms with Crippen molar-refractivity contribution in [2.45, 2.75) is 38.6 Å². The van der Waals surface area contributed by atoms with Crippen molar-refractivity contribution in [3.8, 4) is 21.8 Å². The Morgan fingerprint density at radius 1 is 1.18 bits per heavy atom. The van der Waals surface area contributed by atoms with E-state index in [-0.39, 0.29) is 18.4 Å². The van der Waals surface area contributed by atoms with Crippen molar-refractivity contribution < 1.29 is 17.9 Å². The molecule has 0 amide bonds. The van der Waals surface area contributed by atoms with E-state index in [2.05, 4.69) is 34.6 Å². The molecule has 0 spiro atoms. The van der Waals surface area contributed by atoms with Gasteiger partial charge in [-0.25, -0.2) is 15.0 Å². The topological polar surface area (TPSA) is 78.9 Å². The average molecular weight is 492 g/mol. The number of ether oxygens (including phenoxy) is 1. The maximum Gasteiger partial charge on any atom is 0.419 e. The van der Waals surface area contributed by atoms with Crippen LogP contribution in [-0.2, 0) is 17.6 Å². The fraction of sp³-hybridized carbons (Fsp3) is 0.318. The minimum absolute atomic E-state index is 0.213. The number of nitrogens with two attached hydrogens (primary N) is 1. The van der Waals surface area contributed by atoms with Crippen LogP contribution >= 0.6 is 11.3 Å². The van der Waals surface area contributed by atoms with Crippen LogP contribution < -0.4 is 5.73 Å². The summed E-state index contributed by atoms with van der Waals surface area (Å²) >= 11 is 1.49. The number of fused-ring (bicyclic) bond motifs is 1. The molecule has 11 heteroatoms. The standard InChI is InChI=1S/C22H24F3N5OSSi/c1-33(2,3)9-7-31-13-30-12-16(19-17(22(23,24)25)11-28-21(26)29-19)15-5-4-14(10-18(15)30)20-27-6-8-32-20/h4-6,8,10-12H,7,9,13H2,1-3H3,(H2,26,28,29). The van der Waals surface area contributed by atoms with Crippen molar-refractivity contribution >= 4 is 36.3 Å². The third-order valence-corrected chi connectivity index (χ3v) is 7.68. The van der Waals surface area contributed by atoms with E-state index >= 15 is 0 Å². The van der Waals surface area contributed by atoms with Crippen molar-refractivity contribution in [1.82, 2.24) is 19.5 Å². The molecule has 0 unspecified atom stereocenters. The zero-order valence-corrected chi connectivity index (χ0v) is 20.3. The van der Waals surface area contributed by atoms with Crippen LogP contribution in [0, 0.1) is 0 Å². The van der Waals surface area contributed by atoms with Crippen LogP contribution in [0.4, 0.5) is 19.1 Å². The van der Waals surface area contributed by atoms with Gasteiger partial charge >= 0.3 is 6.18 Å². The van der Waals surface area contributed by atoms with Gasteiger partial charge in [-0.15, -0.1) is 11.3 Å². The van der Waals surface area contributed by atoms with Crippen molar-refractivity contribution in [3.63, 3.8) is 0 Å². The molecule has 3 heterocycles. The fourth-order valence-electron chi connectivity index (χ4n) is 3.44. The van der Waals surface area contributed by atoms with Gasteiger partial charge in [0.15, 0.2) is 0 Å². The Labute approximate surface area is 194 Å². The first-order valence-electron chi connectivity index (χ1n) is 10.3. The van der Waals surface area contributed by atoms with Crippen molar-refractivity contribution in [2.75, 3.05) is 12.3 Å². The number of halogens is 3. The van der Waals surface area contributed by atoms with Gasteiger partial charge < -0.3 is 15.0 Å². The van der Waals surface area contributed by atoms with Crippen LogP contribution in [0.2, 0.25) is 25.7 Å². The van der Waals surface area contributed by atoms with Gasteiger partial charge in [0.05, 0.1) is 11.2 Å². The van der Waals surface area contributed by atoms with Gasteiger partial charge in [-0.2, -0.15) is 13.2 Å². The predicted octanol–water partition coefficient (Wildman–Crippen LogP) is 6.14. The second kappa shape index (κ2) is 8.88. The zero-order valence-electron chi connectivity index (χ0n) is 18.5. The summed E-state index contributed by atoms with van der Waals surface area (Å²) in [5.74, 6) is -0.218. The number of anilines is 1. The Balaban J connectivity index is 1.82. The fourth-order valence-corrected chi connectivity index (χ4v) is 4.83. The third-order valence-electron chi connectivity index (χ3n) is 5.16. The molecule has 0 saturated carbocycles. The maximum absolute atomic E-state index is 13.7. The van der Waals surface area contributed by atoms with Crippen molar-refractivity contribution in [3.05, 3.63) is 47.7 Å². The van der Waals surface area contributed by atoms with Gasteiger partial charge in [0, 0.05) is 55.2 Å². The molecule has 0 bridgehead atoms. The van der Waals surface area contributed by atoms with E-state index in [4.69, 9.17) is 10.5 Å². The Kier molecular flexibility index (Phi) is 6.30. The molecule has 0 radical (unpaired) electrons. The van der Waals surface area contributed by atoms with E-state index in [9.17, 15) is 13.2 Å². The molecule has 0 saturated heterocycles. The minimum atomic E-state index is -4.62. The highest BCUT2D eigenvalue weighted by Crippen LogP contribution is 2.40. The largest absolute Gasteiger partial charge is 0.419 e. The van der Waals surface area contributed by atoms with Crippen LogP contribution in [0.3, 0.4) is 0 Å². The quantitative estimate of drug-likeness (QED) is 0.248. The van der Waals surface area contributed by atoms with Crippen LogP contribution in [-0.4, -0.2) is 34.2 Å². The third kappa shape index (κ3) is 5.26. The molecule has 0 atom stereocenters. The van der Waals surface area contributed by atoms with E-state index < -0.39 is 19.8 Å². The number of benzene rings is 1. The van der Waals surface area contributed by atoms with Crippen LogP contribution in [0.1, 0.15) is 5.56 Å². The summed E-state index contributed by atoms with van der Waals surface area (Å²) in [4.78, 5) is 11.9. The molecule has 174 valence electrons. The van der Waals surface area contributed by atoms with Crippen LogP contribution in [0.25, 0.3) is 32.7 Å². The molecular formula is C22H24F3N5OSSi. The SMILES string of the molecule is C[Si](C)(C)CCOCn1cc(-c2nc(N)ncc2C(F)(F)F)c2ccc(-c3nccs3)cc21. The summed E-state index contributed by atoms with van der Waals surface area (Å²) in [6, 6.07) is 6.54. The monoisotopic (exact) mass is 491 g/mol. The van der Waals surface area contributed by atoms with E-state index in [1.165, 1.54) is 11.3 Å². The summed E-state index contributed by atoms with van der Waals surface area (Å²) in [6.45, 7) is 7.59. The minimum Gasteiger partial charge on any atom is -0.368 e. The maximum atomic E-state index is 13.7. The van der Waals surface area contributed by atoms with E-state index in [0.29, 0.717) is 17.6 Å². The molecule has 0 fully saturated rings. The highest BCUT2D eigenvalue weighted by atomic mass is 32.1. The Morgan fingerprint density at radius 3 is 2.64 bits per heavy atom. The van der Waals surface area contributed by atoms with Gasteiger partial charge in [-0.05, 0) is 12.1 Å². The zero-order chi connectivity index (χ0) is 23.8. The lowest BCUT2D eigenvalue weighted by Gasteiger charge is -2.15. The molecule has 4 aromatic rings. The van der Waals surface area contributed by atoms with E-state index in [1.807, 2.05) is 22.1 Å². The van der Waals surface area contributed by atoms with Crippen molar-refractivity contribution in [2.24, 2.45) is 0 Å². The summed E-state index contributed by atoms with van der Waals surface area (Å²) in [6.07, 6.45) is -0.531. The molecule has 0 aliphatic heterocycles. The number of nitrogens with zero attached hydrogens (tertiary/aromatic N) is 4. The molecule has 6 nitrogen and oxygen atoms in total. The summed E-state index contributed by atoms with van der Waals surface area (Å²) in [5, 5.41) is 3.32. The van der Waals surface area contributed by atoms with Gasteiger partial charge in [0.25, 0.3) is 0 Å². The Hall–Kier alpha value is -2.76. The van der Waals surface area contributed by atoms with Gasteiger partial charge in [0.1, 0.15) is 17.3 Å². The molecule has 0 aliphatic carbocycles. The lowest BCUT2D eigenvalue weighted by Crippen LogP contribution is -2.21. The molecular weight excluding hydrogens is 467 g/mol. The van der Waals surface area contributed by atoms with E-state index in [0.717, 1.165) is 28.3 Å². The normalized spacial score (nSPS) is 12.5. The Morgan fingerprint density at radius 2 is 1.97 bits per heavy atom. The second-order valence-corrected chi connectivity index (χ2v) is 15.4. The molecule has 3 aromatic heterocycles. The van der Waals surface area contributed by atoms with Crippen molar-refractivity contribution in [1.29, 1.82) is 0 Å². The molecule has 2 N–H and O–H groups in total. The lowest BCUT2D eigenvalue weighted by atomic mass is 10.0. The van der Waals surface area contributed by atoms with Gasteiger partial charge in [0.2, 0.25) is 5.95 Å². The van der Waals surface area contributed by atoms with Crippen LogP contribution in [0.15, 0.2) is 42.2 Å². The first-order valence-corrected chi connectivity index (χ1v) is 14.9. The molecule has 0 aliphatic rings. The number of aromatic nitrogens is 4. The van der Waals surface area contributed by atoms with Gasteiger partial charge in [-0.3, -0.25) is 0 Å². The second-order valence-electron chi connectivity index (χ2n) is 8.92. The van der Waals surface area contributed by atoms with Crippen LogP contribution in [0.5, 0.6) is 0 Å². The first kappa shape index (κ1) is 23.4. The number of nitrogen functional groups attached to an aromatic ring is 1. The number of thiazole rings is 1. The smallest absolute Gasteiger partial charge is 0.368 e.